The molecule has 1 N–H and O–H groups in total. The number of rotatable bonds is 9. The van der Waals surface area contributed by atoms with Crippen molar-refractivity contribution in [1.29, 1.82) is 0 Å². The van der Waals surface area contributed by atoms with Crippen molar-refractivity contribution in [2.75, 3.05) is 13.1 Å². The first-order valence-electron chi connectivity index (χ1n) is 12.5. The Morgan fingerprint density at radius 2 is 1.88 bits per heavy atom. The van der Waals surface area contributed by atoms with Crippen LogP contribution in [0.4, 0.5) is 0 Å². The molecule has 0 bridgehead atoms. The molecule has 0 aliphatic carbocycles. The molecule has 0 saturated carbocycles. The molecule has 4 nitrogen and oxygen atoms in total. The molecule has 4 heteroatoms. The Morgan fingerprint density at radius 3 is 2.62 bits per heavy atom. The molecule has 0 saturated heterocycles. The van der Waals surface area contributed by atoms with Crippen LogP contribution in [0.5, 0.6) is 5.75 Å². The van der Waals surface area contributed by atoms with Crippen molar-refractivity contribution in [3.63, 3.8) is 0 Å². The van der Waals surface area contributed by atoms with E-state index < -0.39 is 6.10 Å². The maximum atomic E-state index is 12.6. The third kappa shape index (κ3) is 5.68. The van der Waals surface area contributed by atoms with Gasteiger partial charge in [0.1, 0.15) is 5.75 Å². The van der Waals surface area contributed by atoms with Crippen molar-refractivity contribution >= 4 is 5.91 Å². The molecule has 0 fully saturated rings. The number of nitrogens with zero attached hydrogens (tertiary/aromatic N) is 1. The van der Waals surface area contributed by atoms with Gasteiger partial charge in [0.2, 0.25) is 0 Å². The van der Waals surface area contributed by atoms with Gasteiger partial charge in [0.15, 0.2) is 6.10 Å². The van der Waals surface area contributed by atoms with Gasteiger partial charge in [-0.25, -0.2) is 0 Å². The van der Waals surface area contributed by atoms with Crippen LogP contribution in [0.3, 0.4) is 0 Å². The summed E-state index contributed by atoms with van der Waals surface area (Å²) < 4.78 is 6.21. The molecule has 3 aromatic rings. The number of carbonyl (C=O) groups excluding carboxylic acids is 1. The van der Waals surface area contributed by atoms with E-state index in [0.29, 0.717) is 13.0 Å². The van der Waals surface area contributed by atoms with Crippen molar-refractivity contribution in [1.82, 2.24) is 10.2 Å². The van der Waals surface area contributed by atoms with Crippen LogP contribution in [0, 0.1) is 6.92 Å². The van der Waals surface area contributed by atoms with Gasteiger partial charge in [-0.2, -0.15) is 0 Å². The molecular weight excluding hydrogens is 420 g/mol. The number of carbonyl (C=O) groups is 1. The normalized spacial score (nSPS) is 16.5. The minimum Gasteiger partial charge on any atom is -0.481 e. The molecule has 0 spiro atoms. The number of ether oxygens (including phenoxy) is 1. The molecule has 0 radical (unpaired) electrons. The number of hydrogen-bond donors (Lipinski definition) is 1. The second-order valence-corrected chi connectivity index (χ2v) is 9.19. The highest BCUT2D eigenvalue weighted by Crippen LogP contribution is 2.38. The van der Waals surface area contributed by atoms with Gasteiger partial charge in [-0.1, -0.05) is 80.1 Å². The summed E-state index contributed by atoms with van der Waals surface area (Å²) in [7, 11) is 0. The van der Waals surface area contributed by atoms with E-state index in [9.17, 15) is 4.79 Å². The maximum absolute atomic E-state index is 12.6. The number of aryl methyl sites for hydroxylation is 1. The van der Waals surface area contributed by atoms with Crippen LogP contribution in [-0.2, 0) is 17.8 Å². The Bertz CT molecular complexity index is 1100. The molecule has 1 heterocycles. The molecular formula is C30H36N2O2. The second-order valence-electron chi connectivity index (χ2n) is 9.19. The molecule has 0 aromatic heterocycles. The zero-order chi connectivity index (χ0) is 23.9. The summed E-state index contributed by atoms with van der Waals surface area (Å²) in [5.74, 6) is 0.721. The summed E-state index contributed by atoms with van der Waals surface area (Å²) in [6.45, 7) is 8.75. The monoisotopic (exact) mass is 456 g/mol. The fourth-order valence-electron chi connectivity index (χ4n) is 4.81. The SMILES string of the molecule is CCCNC(=O)[C@H](CC)Oc1ccc2c(c1)[C@H](c1ccccc1)N(Cc1cccc(C)c1)CC2. The summed E-state index contributed by atoms with van der Waals surface area (Å²) in [6.07, 6.45) is 2.07. The standard InChI is InChI=1S/C30H36N2O2/c1-4-17-31-30(33)28(5-2)34-26-15-14-24-16-18-32(21-23-11-9-10-22(3)19-23)29(27(24)20-26)25-12-7-6-8-13-25/h6-15,19-20,28-29H,4-5,16-18,21H2,1-3H3,(H,31,33)/t28-,29-/m0/s1. The van der Waals surface area contributed by atoms with Crippen molar-refractivity contribution in [3.05, 3.63) is 101 Å². The van der Waals surface area contributed by atoms with Crippen molar-refractivity contribution in [3.8, 4) is 5.75 Å². The van der Waals surface area contributed by atoms with Crippen LogP contribution >= 0.6 is 0 Å². The first kappa shape index (κ1) is 24.0. The molecule has 3 aromatic carbocycles. The molecule has 0 unspecified atom stereocenters. The van der Waals surface area contributed by atoms with Gasteiger partial charge in [0.05, 0.1) is 6.04 Å². The molecule has 4 rings (SSSR count). The first-order valence-corrected chi connectivity index (χ1v) is 12.5. The van der Waals surface area contributed by atoms with E-state index in [1.807, 2.05) is 13.0 Å². The third-order valence-corrected chi connectivity index (χ3v) is 6.52. The fourth-order valence-corrected chi connectivity index (χ4v) is 4.81. The van der Waals surface area contributed by atoms with E-state index in [0.717, 1.165) is 31.7 Å². The summed E-state index contributed by atoms with van der Waals surface area (Å²) in [6, 6.07) is 26.0. The van der Waals surface area contributed by atoms with Gasteiger partial charge in [0.25, 0.3) is 5.91 Å². The van der Waals surface area contributed by atoms with Crippen LogP contribution < -0.4 is 10.1 Å². The second kappa shape index (κ2) is 11.3. The predicted molar refractivity (Wildman–Crippen MR) is 138 cm³/mol. The number of amides is 1. The molecule has 1 aliphatic rings. The lowest BCUT2D eigenvalue weighted by Crippen LogP contribution is -2.38. The van der Waals surface area contributed by atoms with E-state index in [1.165, 1.54) is 27.8 Å². The van der Waals surface area contributed by atoms with Gasteiger partial charge in [-0.15, -0.1) is 0 Å². The first-order chi connectivity index (χ1) is 16.6. The van der Waals surface area contributed by atoms with Crippen LogP contribution in [0.25, 0.3) is 0 Å². The highest BCUT2D eigenvalue weighted by Gasteiger charge is 2.29. The lowest BCUT2D eigenvalue weighted by atomic mass is 9.87. The van der Waals surface area contributed by atoms with Crippen LogP contribution in [0.2, 0.25) is 0 Å². The van der Waals surface area contributed by atoms with Gasteiger partial charge in [0, 0.05) is 19.6 Å². The lowest BCUT2D eigenvalue weighted by Gasteiger charge is -2.38. The minimum absolute atomic E-state index is 0.0391. The molecule has 2 atom stereocenters. The number of hydrogen-bond acceptors (Lipinski definition) is 3. The summed E-state index contributed by atoms with van der Waals surface area (Å²) in [5.41, 5.74) is 6.52. The van der Waals surface area contributed by atoms with Crippen LogP contribution in [-0.4, -0.2) is 30.0 Å². The van der Waals surface area contributed by atoms with Crippen molar-refractivity contribution in [2.45, 2.75) is 58.7 Å². The van der Waals surface area contributed by atoms with Crippen LogP contribution in [0.1, 0.15) is 60.5 Å². The Hall–Kier alpha value is -3.11. The maximum Gasteiger partial charge on any atom is 0.261 e. The van der Waals surface area contributed by atoms with E-state index in [2.05, 4.69) is 90.8 Å². The molecule has 1 aliphatic heterocycles. The average molecular weight is 457 g/mol. The Morgan fingerprint density at radius 1 is 1.06 bits per heavy atom. The summed E-state index contributed by atoms with van der Waals surface area (Å²) >= 11 is 0. The molecule has 178 valence electrons. The number of benzene rings is 3. The van der Waals surface area contributed by atoms with Gasteiger partial charge >= 0.3 is 0 Å². The zero-order valence-corrected chi connectivity index (χ0v) is 20.6. The van der Waals surface area contributed by atoms with Gasteiger partial charge < -0.3 is 10.1 Å². The quantitative estimate of drug-likeness (QED) is 0.441. The zero-order valence-electron chi connectivity index (χ0n) is 20.6. The fraction of sp³-hybridized carbons (Fsp3) is 0.367. The molecule has 34 heavy (non-hydrogen) atoms. The number of fused-ring (bicyclic) bond motifs is 1. The van der Waals surface area contributed by atoms with Crippen molar-refractivity contribution in [2.24, 2.45) is 0 Å². The third-order valence-electron chi connectivity index (χ3n) is 6.52. The predicted octanol–water partition coefficient (Wildman–Crippen LogP) is 5.83. The molecule has 1 amide bonds. The lowest BCUT2D eigenvalue weighted by molar-refractivity contribution is -0.128. The smallest absolute Gasteiger partial charge is 0.261 e. The van der Waals surface area contributed by atoms with Crippen LogP contribution in [0.15, 0.2) is 72.8 Å². The average Bonchev–Trinajstić information content (AvgIpc) is 2.86. The number of nitrogens with one attached hydrogen (secondary N) is 1. The Labute approximate surface area is 204 Å². The van der Waals surface area contributed by atoms with Gasteiger partial charge in [-0.3, -0.25) is 9.69 Å². The highest BCUT2D eigenvalue weighted by molar-refractivity contribution is 5.81. The summed E-state index contributed by atoms with van der Waals surface area (Å²) in [4.78, 5) is 15.1. The largest absolute Gasteiger partial charge is 0.481 e. The van der Waals surface area contributed by atoms with Crippen molar-refractivity contribution < 1.29 is 9.53 Å². The van der Waals surface area contributed by atoms with E-state index in [-0.39, 0.29) is 11.9 Å². The van der Waals surface area contributed by atoms with Gasteiger partial charge in [-0.05, 0) is 60.6 Å². The van der Waals surface area contributed by atoms with E-state index in [1.54, 1.807) is 0 Å². The minimum atomic E-state index is -0.480. The van der Waals surface area contributed by atoms with E-state index in [4.69, 9.17) is 4.74 Å². The highest BCUT2D eigenvalue weighted by atomic mass is 16.5. The van der Waals surface area contributed by atoms with E-state index >= 15 is 0 Å². The Balaban J connectivity index is 1.65. The summed E-state index contributed by atoms with van der Waals surface area (Å²) in [5, 5.41) is 2.97. The Kier molecular flexibility index (Phi) is 8.02. The topological polar surface area (TPSA) is 41.6 Å².